The lowest BCUT2D eigenvalue weighted by molar-refractivity contribution is 0.473. The Hall–Kier alpha value is -0.450. The van der Waals surface area contributed by atoms with E-state index in [2.05, 4.69) is 28.3 Å². The largest absolute Gasteiger partial charge is 0.271 e. The molecule has 1 unspecified atom stereocenters. The fraction of sp³-hybridized carbons (Fsp3) is 0.625. The SMILES string of the molecule is CCCCCCCCCC(NN)c1ccc(Br)c(F)c1. The summed E-state index contributed by atoms with van der Waals surface area (Å²) in [5.41, 5.74) is 3.71. The maximum absolute atomic E-state index is 13.5. The third-order valence-corrected chi connectivity index (χ3v) is 4.29. The summed E-state index contributed by atoms with van der Waals surface area (Å²) in [6.45, 7) is 2.23. The number of nitrogens with one attached hydrogen (secondary N) is 1. The van der Waals surface area contributed by atoms with Crippen LogP contribution in [0.15, 0.2) is 22.7 Å². The molecule has 0 spiro atoms. The fourth-order valence-corrected chi connectivity index (χ4v) is 2.63. The summed E-state index contributed by atoms with van der Waals surface area (Å²) in [5, 5.41) is 0. The van der Waals surface area contributed by atoms with Gasteiger partial charge in [0, 0.05) is 6.04 Å². The molecule has 1 atom stereocenters. The molecule has 1 aromatic rings. The van der Waals surface area contributed by atoms with Crippen molar-refractivity contribution in [2.45, 2.75) is 64.3 Å². The second-order valence-electron chi connectivity index (χ2n) is 5.30. The number of nitrogens with two attached hydrogens (primary N) is 1. The molecule has 0 heterocycles. The molecule has 0 saturated carbocycles. The Morgan fingerprint density at radius 1 is 1.15 bits per heavy atom. The van der Waals surface area contributed by atoms with Crippen LogP contribution in [0.25, 0.3) is 0 Å². The summed E-state index contributed by atoms with van der Waals surface area (Å²) in [7, 11) is 0. The van der Waals surface area contributed by atoms with Gasteiger partial charge in [0.1, 0.15) is 5.82 Å². The summed E-state index contributed by atoms with van der Waals surface area (Å²) in [5.74, 6) is 5.36. The Morgan fingerprint density at radius 2 is 1.80 bits per heavy atom. The Morgan fingerprint density at radius 3 is 2.40 bits per heavy atom. The molecule has 0 aliphatic carbocycles. The van der Waals surface area contributed by atoms with Gasteiger partial charge < -0.3 is 0 Å². The predicted octanol–water partition coefficient (Wildman–Crippen LogP) is 5.23. The van der Waals surface area contributed by atoms with Crippen LogP contribution >= 0.6 is 15.9 Å². The Balaban J connectivity index is 2.30. The van der Waals surface area contributed by atoms with Crippen LogP contribution in [-0.2, 0) is 0 Å². The molecule has 3 N–H and O–H groups in total. The second kappa shape index (κ2) is 10.3. The Bertz CT molecular complexity index is 385. The van der Waals surface area contributed by atoms with Gasteiger partial charge in [0.25, 0.3) is 0 Å². The van der Waals surface area contributed by atoms with Gasteiger partial charge >= 0.3 is 0 Å². The van der Waals surface area contributed by atoms with Gasteiger partial charge in [-0.2, -0.15) is 0 Å². The Labute approximate surface area is 130 Å². The molecular weight excluding hydrogens is 319 g/mol. The molecule has 1 rings (SSSR count). The normalized spacial score (nSPS) is 12.6. The quantitative estimate of drug-likeness (QED) is 0.346. The lowest BCUT2D eigenvalue weighted by atomic mass is 10.00. The van der Waals surface area contributed by atoms with Crippen LogP contribution in [0.2, 0.25) is 0 Å². The number of halogens is 2. The van der Waals surface area contributed by atoms with Crippen molar-refractivity contribution in [3.05, 3.63) is 34.1 Å². The zero-order valence-electron chi connectivity index (χ0n) is 12.3. The molecule has 0 amide bonds. The molecule has 114 valence electrons. The topological polar surface area (TPSA) is 38.0 Å². The smallest absolute Gasteiger partial charge is 0.137 e. The first-order chi connectivity index (χ1) is 9.69. The van der Waals surface area contributed by atoms with E-state index in [1.165, 1.54) is 38.5 Å². The maximum atomic E-state index is 13.5. The van der Waals surface area contributed by atoms with Crippen LogP contribution in [0.3, 0.4) is 0 Å². The highest BCUT2D eigenvalue weighted by Gasteiger charge is 2.11. The molecule has 0 aliphatic rings. The second-order valence-corrected chi connectivity index (χ2v) is 6.16. The minimum Gasteiger partial charge on any atom is -0.271 e. The maximum Gasteiger partial charge on any atom is 0.137 e. The number of hydrogen-bond acceptors (Lipinski definition) is 2. The zero-order valence-corrected chi connectivity index (χ0v) is 13.9. The van der Waals surface area contributed by atoms with Crippen molar-refractivity contribution < 1.29 is 4.39 Å². The van der Waals surface area contributed by atoms with Gasteiger partial charge in [0.2, 0.25) is 0 Å². The first-order valence-corrected chi connectivity index (χ1v) is 8.39. The molecular formula is C16H26BrFN2. The van der Waals surface area contributed by atoms with Crippen molar-refractivity contribution in [1.29, 1.82) is 0 Å². The first-order valence-electron chi connectivity index (χ1n) is 7.60. The predicted molar refractivity (Wildman–Crippen MR) is 86.8 cm³/mol. The highest BCUT2D eigenvalue weighted by atomic mass is 79.9. The van der Waals surface area contributed by atoms with Crippen molar-refractivity contribution in [3.8, 4) is 0 Å². The van der Waals surface area contributed by atoms with Crippen molar-refractivity contribution in [3.63, 3.8) is 0 Å². The van der Waals surface area contributed by atoms with E-state index in [9.17, 15) is 4.39 Å². The minimum atomic E-state index is -0.234. The molecule has 0 aliphatic heterocycles. The molecule has 0 fully saturated rings. The summed E-state index contributed by atoms with van der Waals surface area (Å²) >= 11 is 3.17. The molecule has 0 saturated heterocycles. The van der Waals surface area contributed by atoms with E-state index in [4.69, 9.17) is 5.84 Å². The van der Waals surface area contributed by atoms with Crippen molar-refractivity contribution in [1.82, 2.24) is 5.43 Å². The standard InChI is InChI=1S/C16H26BrFN2/c1-2-3-4-5-6-7-8-9-16(20-19)13-10-11-14(17)15(18)12-13/h10-12,16,20H,2-9,19H2,1H3. The van der Waals surface area contributed by atoms with Gasteiger partial charge in [0.15, 0.2) is 0 Å². The van der Waals surface area contributed by atoms with Crippen LogP contribution in [-0.4, -0.2) is 0 Å². The van der Waals surface area contributed by atoms with Crippen LogP contribution in [0.5, 0.6) is 0 Å². The van der Waals surface area contributed by atoms with Crippen LogP contribution < -0.4 is 11.3 Å². The van der Waals surface area contributed by atoms with E-state index in [1.54, 1.807) is 12.1 Å². The summed E-state index contributed by atoms with van der Waals surface area (Å²) in [6.07, 6.45) is 9.87. The van der Waals surface area contributed by atoms with Crippen LogP contribution in [0.1, 0.15) is 69.9 Å². The summed E-state index contributed by atoms with van der Waals surface area (Å²) < 4.78 is 14.0. The third-order valence-electron chi connectivity index (χ3n) is 3.64. The van der Waals surface area contributed by atoms with E-state index in [0.717, 1.165) is 18.4 Å². The van der Waals surface area contributed by atoms with Gasteiger partial charge in [-0.25, -0.2) is 4.39 Å². The molecule has 0 radical (unpaired) electrons. The molecule has 20 heavy (non-hydrogen) atoms. The third kappa shape index (κ3) is 6.33. The molecule has 4 heteroatoms. The van der Waals surface area contributed by atoms with E-state index >= 15 is 0 Å². The summed E-state index contributed by atoms with van der Waals surface area (Å²) in [6, 6.07) is 5.24. The lowest BCUT2D eigenvalue weighted by Gasteiger charge is -2.16. The Kier molecular flexibility index (Phi) is 9.07. The molecule has 1 aromatic carbocycles. The van der Waals surface area contributed by atoms with E-state index in [0.29, 0.717) is 4.47 Å². The van der Waals surface area contributed by atoms with Gasteiger partial charge in [-0.3, -0.25) is 11.3 Å². The number of rotatable bonds is 10. The molecule has 2 nitrogen and oxygen atoms in total. The number of benzene rings is 1. The first kappa shape index (κ1) is 17.6. The van der Waals surface area contributed by atoms with Crippen LogP contribution in [0.4, 0.5) is 4.39 Å². The highest BCUT2D eigenvalue weighted by molar-refractivity contribution is 9.10. The average molecular weight is 345 g/mol. The van der Waals surface area contributed by atoms with Gasteiger partial charge in [-0.15, -0.1) is 0 Å². The lowest BCUT2D eigenvalue weighted by Crippen LogP contribution is -2.28. The van der Waals surface area contributed by atoms with Gasteiger partial charge in [-0.1, -0.05) is 57.9 Å². The highest BCUT2D eigenvalue weighted by Crippen LogP contribution is 2.24. The van der Waals surface area contributed by atoms with E-state index in [1.807, 2.05) is 6.07 Å². The summed E-state index contributed by atoms with van der Waals surface area (Å²) in [4.78, 5) is 0. The van der Waals surface area contributed by atoms with Gasteiger partial charge in [-0.05, 0) is 40.0 Å². The molecule has 0 bridgehead atoms. The van der Waals surface area contributed by atoms with Crippen molar-refractivity contribution in [2.24, 2.45) is 5.84 Å². The van der Waals surface area contributed by atoms with Gasteiger partial charge in [0.05, 0.1) is 4.47 Å². The molecule has 0 aromatic heterocycles. The minimum absolute atomic E-state index is 0.0354. The number of hydrazine groups is 1. The van der Waals surface area contributed by atoms with E-state index < -0.39 is 0 Å². The monoisotopic (exact) mass is 344 g/mol. The van der Waals surface area contributed by atoms with Crippen LogP contribution in [0, 0.1) is 5.82 Å². The zero-order chi connectivity index (χ0) is 14.8. The van der Waals surface area contributed by atoms with Crippen molar-refractivity contribution >= 4 is 15.9 Å². The number of hydrogen-bond donors (Lipinski definition) is 2. The fourth-order valence-electron chi connectivity index (χ4n) is 2.38. The average Bonchev–Trinajstić information content (AvgIpc) is 2.45. The van der Waals surface area contributed by atoms with Crippen molar-refractivity contribution in [2.75, 3.05) is 0 Å². The number of unbranched alkanes of at least 4 members (excludes halogenated alkanes) is 6. The van der Waals surface area contributed by atoms with E-state index in [-0.39, 0.29) is 11.9 Å².